The maximum absolute atomic E-state index is 5.65. The van der Waals surface area contributed by atoms with Gasteiger partial charge < -0.3 is 5.32 Å². The van der Waals surface area contributed by atoms with Gasteiger partial charge in [0.05, 0.1) is 0 Å². The fraction of sp³-hybridized carbons (Fsp3) is 0.818. The SMILES string of the molecule is CNCC1CCN(CC(C)=CCl)CC1. The number of likely N-dealkylation sites (tertiary alicyclic amines) is 1. The first-order valence-corrected chi connectivity index (χ1v) is 5.82. The van der Waals surface area contributed by atoms with Crippen LogP contribution in [0, 0.1) is 5.92 Å². The van der Waals surface area contributed by atoms with Gasteiger partial charge in [0.1, 0.15) is 0 Å². The summed E-state index contributed by atoms with van der Waals surface area (Å²) in [5.41, 5.74) is 2.96. The van der Waals surface area contributed by atoms with Crippen molar-refractivity contribution in [1.82, 2.24) is 10.2 Å². The second-order valence-corrected chi connectivity index (χ2v) is 4.45. The Hall–Kier alpha value is -0.0500. The van der Waals surface area contributed by atoms with Crippen molar-refractivity contribution in [3.05, 3.63) is 11.1 Å². The molecule has 0 unspecified atom stereocenters. The van der Waals surface area contributed by atoms with E-state index in [1.54, 1.807) is 5.54 Å². The van der Waals surface area contributed by atoms with Gasteiger partial charge in [-0.15, -0.1) is 0 Å². The fourth-order valence-electron chi connectivity index (χ4n) is 2.02. The van der Waals surface area contributed by atoms with Gasteiger partial charge in [-0.25, -0.2) is 0 Å². The Morgan fingerprint density at radius 3 is 2.64 bits per heavy atom. The van der Waals surface area contributed by atoms with E-state index in [0.717, 1.165) is 19.0 Å². The minimum atomic E-state index is 0.872. The molecule has 0 atom stereocenters. The summed E-state index contributed by atoms with van der Waals surface area (Å²) in [5, 5.41) is 3.25. The summed E-state index contributed by atoms with van der Waals surface area (Å²) in [6.45, 7) is 6.73. The third kappa shape index (κ3) is 3.99. The van der Waals surface area contributed by atoms with Crippen LogP contribution in [0.25, 0.3) is 0 Å². The molecule has 82 valence electrons. The lowest BCUT2D eigenvalue weighted by Gasteiger charge is -2.31. The van der Waals surface area contributed by atoms with Crippen molar-refractivity contribution in [3.63, 3.8) is 0 Å². The summed E-state index contributed by atoms with van der Waals surface area (Å²) in [7, 11) is 2.03. The monoisotopic (exact) mass is 216 g/mol. The molecule has 2 nitrogen and oxygen atoms in total. The van der Waals surface area contributed by atoms with E-state index in [0.29, 0.717) is 0 Å². The lowest BCUT2D eigenvalue weighted by molar-refractivity contribution is 0.196. The van der Waals surface area contributed by atoms with Crippen LogP contribution >= 0.6 is 11.6 Å². The van der Waals surface area contributed by atoms with E-state index in [2.05, 4.69) is 17.1 Å². The summed E-state index contributed by atoms with van der Waals surface area (Å²) in [4.78, 5) is 2.49. The third-order valence-electron chi connectivity index (χ3n) is 2.86. The lowest BCUT2D eigenvalue weighted by Crippen LogP contribution is -2.37. The zero-order valence-electron chi connectivity index (χ0n) is 9.22. The number of nitrogens with zero attached hydrogens (tertiary/aromatic N) is 1. The average molecular weight is 217 g/mol. The number of halogens is 1. The molecule has 0 aromatic heterocycles. The molecule has 3 heteroatoms. The Bertz CT molecular complexity index is 184. The van der Waals surface area contributed by atoms with Crippen LogP contribution in [0.15, 0.2) is 11.1 Å². The van der Waals surface area contributed by atoms with Gasteiger partial charge >= 0.3 is 0 Å². The molecule has 0 bridgehead atoms. The van der Waals surface area contributed by atoms with Crippen LogP contribution in [0.2, 0.25) is 0 Å². The normalized spacial score (nSPS) is 21.5. The molecular formula is C11H21ClN2. The number of piperidine rings is 1. The average Bonchev–Trinajstić information content (AvgIpc) is 2.21. The molecule has 1 rings (SSSR count). The second kappa shape index (κ2) is 6.44. The predicted molar refractivity (Wildman–Crippen MR) is 62.7 cm³/mol. The van der Waals surface area contributed by atoms with Gasteiger partial charge in [-0.2, -0.15) is 0 Å². The van der Waals surface area contributed by atoms with E-state index in [9.17, 15) is 0 Å². The van der Waals surface area contributed by atoms with Crippen molar-refractivity contribution in [1.29, 1.82) is 0 Å². The van der Waals surface area contributed by atoms with E-state index in [4.69, 9.17) is 11.6 Å². The second-order valence-electron chi connectivity index (χ2n) is 4.23. The molecule has 0 saturated carbocycles. The van der Waals surface area contributed by atoms with Crippen molar-refractivity contribution in [3.8, 4) is 0 Å². The van der Waals surface area contributed by atoms with Gasteiger partial charge in [0, 0.05) is 12.1 Å². The van der Waals surface area contributed by atoms with E-state index in [-0.39, 0.29) is 0 Å². The van der Waals surface area contributed by atoms with Gasteiger partial charge in [-0.1, -0.05) is 11.6 Å². The highest BCUT2D eigenvalue weighted by Gasteiger charge is 2.18. The highest BCUT2D eigenvalue weighted by molar-refractivity contribution is 6.25. The Labute approximate surface area is 92.3 Å². The Kier molecular flexibility index (Phi) is 5.53. The minimum Gasteiger partial charge on any atom is -0.319 e. The van der Waals surface area contributed by atoms with Gasteiger partial charge in [-0.05, 0) is 57.9 Å². The maximum Gasteiger partial charge on any atom is 0.0201 e. The Morgan fingerprint density at radius 1 is 1.50 bits per heavy atom. The minimum absolute atomic E-state index is 0.872. The van der Waals surface area contributed by atoms with Crippen molar-refractivity contribution in [2.45, 2.75) is 19.8 Å². The highest BCUT2D eigenvalue weighted by atomic mass is 35.5. The molecule has 1 N–H and O–H groups in total. The van der Waals surface area contributed by atoms with E-state index >= 15 is 0 Å². The van der Waals surface area contributed by atoms with Crippen LogP contribution in [-0.2, 0) is 0 Å². The number of hydrogen-bond acceptors (Lipinski definition) is 2. The molecule has 0 aromatic rings. The van der Waals surface area contributed by atoms with Gasteiger partial charge in [0.15, 0.2) is 0 Å². The molecule has 0 amide bonds. The molecule has 1 heterocycles. The maximum atomic E-state index is 5.65. The largest absolute Gasteiger partial charge is 0.319 e. The smallest absolute Gasteiger partial charge is 0.0201 e. The fourth-order valence-corrected chi connectivity index (χ4v) is 2.09. The molecule has 0 aromatic carbocycles. The van der Waals surface area contributed by atoms with Crippen molar-refractivity contribution in [2.75, 3.05) is 33.2 Å². The van der Waals surface area contributed by atoms with Crippen LogP contribution in [0.1, 0.15) is 19.8 Å². The Balaban J connectivity index is 2.22. The topological polar surface area (TPSA) is 15.3 Å². The molecule has 1 aliphatic rings. The molecule has 0 aliphatic carbocycles. The molecule has 14 heavy (non-hydrogen) atoms. The lowest BCUT2D eigenvalue weighted by atomic mass is 9.96. The Morgan fingerprint density at radius 2 is 2.14 bits per heavy atom. The molecule has 1 fully saturated rings. The summed E-state index contributed by atoms with van der Waals surface area (Å²) in [5.74, 6) is 0.872. The van der Waals surface area contributed by atoms with Crippen LogP contribution in [0.5, 0.6) is 0 Å². The molecule has 1 aliphatic heterocycles. The summed E-state index contributed by atoms with van der Waals surface area (Å²) in [6, 6.07) is 0. The quantitative estimate of drug-likeness (QED) is 0.774. The summed E-state index contributed by atoms with van der Waals surface area (Å²) in [6.07, 6.45) is 2.63. The third-order valence-corrected chi connectivity index (χ3v) is 3.23. The first kappa shape index (κ1) is 12.0. The van der Waals surface area contributed by atoms with Gasteiger partial charge in [-0.3, -0.25) is 4.90 Å². The van der Waals surface area contributed by atoms with Crippen LogP contribution in [0.4, 0.5) is 0 Å². The first-order valence-electron chi connectivity index (χ1n) is 5.39. The first-order chi connectivity index (χ1) is 6.76. The van der Waals surface area contributed by atoms with E-state index in [1.807, 2.05) is 7.05 Å². The molecular weight excluding hydrogens is 196 g/mol. The van der Waals surface area contributed by atoms with Crippen LogP contribution < -0.4 is 5.32 Å². The van der Waals surface area contributed by atoms with E-state index < -0.39 is 0 Å². The molecule has 0 radical (unpaired) electrons. The number of hydrogen-bond donors (Lipinski definition) is 1. The predicted octanol–water partition coefficient (Wildman–Crippen LogP) is 2.06. The van der Waals surface area contributed by atoms with Gasteiger partial charge in [0.25, 0.3) is 0 Å². The number of rotatable bonds is 4. The van der Waals surface area contributed by atoms with Crippen molar-refractivity contribution < 1.29 is 0 Å². The van der Waals surface area contributed by atoms with E-state index in [1.165, 1.54) is 31.5 Å². The van der Waals surface area contributed by atoms with Crippen molar-refractivity contribution in [2.24, 2.45) is 5.92 Å². The van der Waals surface area contributed by atoms with Crippen LogP contribution in [-0.4, -0.2) is 38.1 Å². The highest BCUT2D eigenvalue weighted by Crippen LogP contribution is 2.17. The summed E-state index contributed by atoms with van der Waals surface area (Å²) >= 11 is 5.65. The zero-order valence-corrected chi connectivity index (χ0v) is 9.98. The standard InChI is InChI=1S/C11H21ClN2/c1-10(7-12)9-14-5-3-11(4-6-14)8-13-2/h7,11,13H,3-6,8-9H2,1-2H3. The van der Waals surface area contributed by atoms with Gasteiger partial charge in [0.2, 0.25) is 0 Å². The van der Waals surface area contributed by atoms with Crippen molar-refractivity contribution >= 4 is 11.6 Å². The summed E-state index contributed by atoms with van der Waals surface area (Å²) < 4.78 is 0. The van der Waals surface area contributed by atoms with Crippen LogP contribution in [0.3, 0.4) is 0 Å². The molecule has 0 spiro atoms. The molecule has 1 saturated heterocycles. The zero-order chi connectivity index (χ0) is 10.4. The number of nitrogens with one attached hydrogen (secondary N) is 1.